The Morgan fingerprint density at radius 1 is 0.786 bits per heavy atom. The fraction of sp³-hybridized carbons (Fsp3) is 0.231. The van der Waals surface area contributed by atoms with Crippen LogP contribution < -0.4 is 12.4 Å². The summed E-state index contributed by atoms with van der Waals surface area (Å²) in [5, 5.41) is 0. The molecule has 28 heavy (non-hydrogen) atoms. The molecule has 2 unspecified atom stereocenters. The minimum absolute atomic E-state index is 0. The van der Waals surface area contributed by atoms with Gasteiger partial charge in [0.1, 0.15) is 6.04 Å². The van der Waals surface area contributed by atoms with Crippen LogP contribution in [0.4, 0.5) is 0 Å². The van der Waals surface area contributed by atoms with Crippen LogP contribution in [0.1, 0.15) is 39.8 Å². The summed E-state index contributed by atoms with van der Waals surface area (Å²) in [5.74, 6) is 0.401. The number of nitrogens with zero attached hydrogens (tertiary/aromatic N) is 1. The highest BCUT2D eigenvalue weighted by Gasteiger charge is 2.37. The van der Waals surface area contributed by atoms with Crippen molar-refractivity contribution in [3.63, 3.8) is 0 Å². The van der Waals surface area contributed by atoms with Gasteiger partial charge in [0.25, 0.3) is 0 Å². The van der Waals surface area contributed by atoms with Crippen LogP contribution in [0.2, 0.25) is 0 Å². The first kappa shape index (κ1) is 20.4. The van der Waals surface area contributed by atoms with Gasteiger partial charge in [0.2, 0.25) is 0 Å². The minimum Gasteiger partial charge on any atom is -1.00 e. The lowest BCUT2D eigenvalue weighted by atomic mass is 9.85. The fourth-order valence-corrected chi connectivity index (χ4v) is 4.46. The highest BCUT2D eigenvalue weighted by Crippen LogP contribution is 2.44. The van der Waals surface area contributed by atoms with Crippen molar-refractivity contribution in [1.82, 2.24) is 0 Å². The number of hydrogen-bond donors (Lipinski definition) is 0. The van der Waals surface area contributed by atoms with Gasteiger partial charge in [0.15, 0.2) is 0 Å². The molecule has 1 aliphatic carbocycles. The smallest absolute Gasteiger partial charge is 0.124 e. The number of likely N-dealkylation sites (N-methyl/N-ethyl adjacent to an activating group) is 1. The average Bonchev–Trinajstić information content (AvgIpc) is 3.07. The molecule has 0 bridgehead atoms. The van der Waals surface area contributed by atoms with Gasteiger partial charge < -0.3 is 16.9 Å². The summed E-state index contributed by atoms with van der Waals surface area (Å²) in [6.07, 6.45) is 5.76. The van der Waals surface area contributed by atoms with Crippen molar-refractivity contribution >= 4 is 6.08 Å². The number of rotatable bonds is 5. The summed E-state index contributed by atoms with van der Waals surface area (Å²) in [6.45, 7) is 0. The summed E-state index contributed by atoms with van der Waals surface area (Å²) in [7, 11) is 6.91. The third kappa shape index (κ3) is 4.06. The Balaban J connectivity index is 0.00000225. The molecule has 1 aliphatic rings. The highest BCUT2D eigenvalue weighted by molar-refractivity contribution is 5.67. The van der Waals surface area contributed by atoms with Gasteiger partial charge in [-0.05, 0) is 28.7 Å². The molecule has 3 aromatic rings. The van der Waals surface area contributed by atoms with E-state index in [-0.39, 0.29) is 12.4 Å². The van der Waals surface area contributed by atoms with E-state index in [9.17, 15) is 0 Å². The Kier molecular flexibility index (Phi) is 6.07. The Morgan fingerprint density at radius 2 is 1.43 bits per heavy atom. The van der Waals surface area contributed by atoms with Crippen LogP contribution in [0.5, 0.6) is 0 Å². The second-order valence-electron chi connectivity index (χ2n) is 8.44. The lowest BCUT2D eigenvalue weighted by Gasteiger charge is -2.38. The van der Waals surface area contributed by atoms with Crippen LogP contribution in [-0.4, -0.2) is 25.6 Å². The second kappa shape index (κ2) is 8.34. The third-order valence-corrected chi connectivity index (χ3v) is 5.61. The fourth-order valence-electron chi connectivity index (χ4n) is 4.46. The first-order valence-electron chi connectivity index (χ1n) is 9.74. The topological polar surface area (TPSA) is 0 Å². The molecule has 3 aromatic carbocycles. The van der Waals surface area contributed by atoms with Gasteiger partial charge in [-0.15, -0.1) is 0 Å². The van der Waals surface area contributed by atoms with E-state index in [0.717, 1.165) is 10.9 Å². The zero-order valence-electron chi connectivity index (χ0n) is 16.8. The molecule has 0 amide bonds. The molecule has 2 atom stereocenters. The van der Waals surface area contributed by atoms with Crippen molar-refractivity contribution in [2.75, 3.05) is 21.1 Å². The van der Waals surface area contributed by atoms with Gasteiger partial charge in [-0.25, -0.2) is 0 Å². The van der Waals surface area contributed by atoms with Gasteiger partial charge in [0.05, 0.1) is 27.1 Å². The molecule has 0 fully saturated rings. The van der Waals surface area contributed by atoms with Gasteiger partial charge in [-0.1, -0.05) is 91.0 Å². The van der Waals surface area contributed by atoms with Crippen molar-refractivity contribution in [2.24, 2.45) is 0 Å². The van der Waals surface area contributed by atoms with Gasteiger partial charge in [-0.3, -0.25) is 0 Å². The predicted molar refractivity (Wildman–Crippen MR) is 115 cm³/mol. The SMILES string of the molecule is C[N+](C)(C)C(c1ccccc1)C1C=Cc2c(Cc3ccccc3)cccc21.[Cl-]. The minimum atomic E-state index is 0. The van der Waals surface area contributed by atoms with Gasteiger partial charge in [-0.2, -0.15) is 0 Å². The van der Waals surface area contributed by atoms with Crippen molar-refractivity contribution in [1.29, 1.82) is 0 Å². The largest absolute Gasteiger partial charge is 1.00 e. The zero-order chi connectivity index (χ0) is 18.9. The number of quaternary nitrogens is 1. The van der Waals surface area contributed by atoms with Crippen LogP contribution >= 0.6 is 0 Å². The molecule has 0 heterocycles. The van der Waals surface area contributed by atoms with E-state index in [1.54, 1.807) is 0 Å². The van der Waals surface area contributed by atoms with E-state index in [4.69, 9.17) is 0 Å². The number of fused-ring (bicyclic) bond motifs is 1. The van der Waals surface area contributed by atoms with Crippen molar-refractivity contribution in [3.8, 4) is 0 Å². The zero-order valence-corrected chi connectivity index (χ0v) is 17.6. The molecule has 0 aromatic heterocycles. The maximum atomic E-state index is 2.42. The van der Waals surface area contributed by atoms with E-state index < -0.39 is 0 Å². The van der Waals surface area contributed by atoms with Crippen molar-refractivity contribution < 1.29 is 16.9 Å². The maximum absolute atomic E-state index is 2.42. The van der Waals surface area contributed by atoms with Crippen LogP contribution in [0.15, 0.2) is 84.9 Å². The van der Waals surface area contributed by atoms with Gasteiger partial charge in [0, 0.05) is 5.56 Å². The normalized spacial score (nSPS) is 16.3. The van der Waals surface area contributed by atoms with Crippen LogP contribution in [0.3, 0.4) is 0 Å². The molecule has 1 nitrogen and oxygen atoms in total. The number of benzene rings is 3. The summed E-state index contributed by atoms with van der Waals surface area (Å²) < 4.78 is 0.904. The van der Waals surface area contributed by atoms with Crippen molar-refractivity contribution in [2.45, 2.75) is 18.4 Å². The first-order valence-corrected chi connectivity index (χ1v) is 9.74. The molecule has 0 radical (unpaired) electrons. The molecule has 2 heteroatoms. The molecule has 4 rings (SSSR count). The Labute approximate surface area is 175 Å². The van der Waals surface area contributed by atoms with E-state index in [1.165, 1.54) is 27.8 Å². The second-order valence-corrected chi connectivity index (χ2v) is 8.44. The summed E-state index contributed by atoms with van der Waals surface area (Å²) in [4.78, 5) is 0. The molecule has 0 aliphatic heterocycles. The van der Waals surface area contributed by atoms with Crippen LogP contribution in [0.25, 0.3) is 6.08 Å². The average molecular weight is 390 g/mol. The summed E-state index contributed by atoms with van der Waals surface area (Å²) >= 11 is 0. The monoisotopic (exact) mass is 389 g/mol. The lowest BCUT2D eigenvalue weighted by Crippen LogP contribution is -3.00. The lowest BCUT2D eigenvalue weighted by molar-refractivity contribution is -0.903. The van der Waals surface area contributed by atoms with E-state index in [2.05, 4.69) is 112 Å². The Bertz CT molecular complexity index is 939. The molecule has 0 saturated carbocycles. The van der Waals surface area contributed by atoms with E-state index >= 15 is 0 Å². The highest BCUT2D eigenvalue weighted by atomic mass is 35.5. The summed E-state index contributed by atoms with van der Waals surface area (Å²) in [6, 6.07) is 29.0. The molecular weight excluding hydrogens is 362 g/mol. The van der Waals surface area contributed by atoms with E-state index in [0.29, 0.717) is 12.0 Å². The summed E-state index contributed by atoms with van der Waals surface area (Å²) in [5.41, 5.74) is 7.08. The predicted octanol–water partition coefficient (Wildman–Crippen LogP) is 2.84. The molecule has 0 spiro atoms. The first-order chi connectivity index (χ1) is 13.0. The molecule has 0 saturated heterocycles. The van der Waals surface area contributed by atoms with Crippen LogP contribution in [0, 0.1) is 0 Å². The number of hydrogen-bond acceptors (Lipinski definition) is 0. The quantitative estimate of drug-likeness (QED) is 0.589. The Morgan fingerprint density at radius 3 is 2.07 bits per heavy atom. The van der Waals surface area contributed by atoms with Crippen LogP contribution in [-0.2, 0) is 6.42 Å². The Hall–Kier alpha value is -2.35. The standard InChI is InChI=1S/C26H28N.ClH/c1-27(2,3)26(21-13-8-5-9-14-21)25-18-17-23-22(15-10-16-24(23)25)19-20-11-6-4-7-12-20;/h4-18,25-26H,19H2,1-3H3;1H/q+1;/p-1. The van der Waals surface area contributed by atoms with Gasteiger partial charge >= 0.3 is 0 Å². The molecule has 0 N–H and O–H groups in total. The molecule has 144 valence electrons. The molecular formula is C26H28ClN. The van der Waals surface area contributed by atoms with Crippen molar-refractivity contribution in [3.05, 3.63) is 113 Å². The maximum Gasteiger partial charge on any atom is 0.124 e. The van der Waals surface area contributed by atoms with E-state index in [1.807, 2.05) is 0 Å². The third-order valence-electron chi connectivity index (χ3n) is 5.61. The number of halogens is 1.